The van der Waals surface area contributed by atoms with Crippen molar-refractivity contribution in [3.63, 3.8) is 0 Å². The molecule has 2 N–H and O–H groups in total. The van der Waals surface area contributed by atoms with Crippen LogP contribution in [0.4, 0.5) is 0 Å². The summed E-state index contributed by atoms with van der Waals surface area (Å²) in [4.78, 5) is 11.0. The maximum atomic E-state index is 10.5. The Bertz CT molecular complexity index is 654. The first-order chi connectivity index (χ1) is 12.8. The van der Waals surface area contributed by atoms with Gasteiger partial charge in [-0.05, 0) is 43.7 Å². The van der Waals surface area contributed by atoms with Crippen LogP contribution in [0.2, 0.25) is 0 Å². The number of imidazole rings is 1. The molecule has 140 valence electrons. The molecule has 26 heavy (non-hydrogen) atoms. The summed E-state index contributed by atoms with van der Waals surface area (Å²) in [5.74, 6) is 0.529. The highest BCUT2D eigenvalue weighted by molar-refractivity contribution is 5.03. The molecule has 0 aromatic carbocycles. The zero-order valence-corrected chi connectivity index (χ0v) is 15.2. The van der Waals surface area contributed by atoms with Crippen molar-refractivity contribution in [2.24, 2.45) is 5.92 Å². The highest BCUT2D eigenvalue weighted by Gasteiger charge is 2.34. The zero-order valence-electron chi connectivity index (χ0n) is 15.2. The van der Waals surface area contributed by atoms with E-state index in [0.29, 0.717) is 12.0 Å². The highest BCUT2D eigenvalue weighted by Crippen LogP contribution is 2.28. The normalized spacial score (nSPS) is 27.8. The molecule has 0 amide bonds. The molecule has 1 saturated heterocycles. The van der Waals surface area contributed by atoms with Crippen LogP contribution in [0, 0.1) is 5.92 Å². The molecule has 2 aromatic rings. The van der Waals surface area contributed by atoms with Gasteiger partial charge in [-0.2, -0.15) is 0 Å². The van der Waals surface area contributed by atoms with Gasteiger partial charge in [0.05, 0.1) is 18.1 Å². The summed E-state index contributed by atoms with van der Waals surface area (Å²) >= 11 is 0. The molecule has 4 rings (SSSR count). The second-order valence-electron chi connectivity index (χ2n) is 7.81. The molecule has 2 aliphatic rings. The molecule has 0 radical (unpaired) electrons. The van der Waals surface area contributed by atoms with Crippen molar-refractivity contribution in [1.29, 1.82) is 0 Å². The van der Waals surface area contributed by atoms with Crippen LogP contribution < -0.4 is 5.32 Å². The van der Waals surface area contributed by atoms with E-state index in [0.717, 1.165) is 57.6 Å². The molecule has 1 aliphatic heterocycles. The van der Waals surface area contributed by atoms with Gasteiger partial charge in [0, 0.05) is 56.9 Å². The maximum absolute atomic E-state index is 10.5. The molecule has 6 nitrogen and oxygen atoms in total. The average molecular weight is 355 g/mol. The summed E-state index contributed by atoms with van der Waals surface area (Å²) in [6, 6.07) is 6.86. The van der Waals surface area contributed by atoms with E-state index in [1.54, 1.807) is 0 Å². The number of pyridine rings is 1. The van der Waals surface area contributed by atoms with E-state index in [4.69, 9.17) is 0 Å². The topological polar surface area (TPSA) is 66.2 Å². The Morgan fingerprint density at radius 1 is 1.15 bits per heavy atom. The standard InChI is InChI=1S/C20H29N5O/c26-20-12-16(13-25-10-7-21-15-25)11-19(20)23-17-4-8-24(9-5-17)14-18-3-1-2-6-22-18/h1-3,6-7,10,15-17,19-20,23,26H,4-5,8-9,11-14H2/t16?,19-,20-/m1/s1. The number of hydrogen-bond donors (Lipinski definition) is 2. The first kappa shape index (κ1) is 17.6. The van der Waals surface area contributed by atoms with Gasteiger partial charge in [-0.25, -0.2) is 4.98 Å². The fourth-order valence-electron chi connectivity index (χ4n) is 4.42. The van der Waals surface area contributed by atoms with Gasteiger partial charge >= 0.3 is 0 Å². The lowest BCUT2D eigenvalue weighted by molar-refractivity contribution is 0.124. The van der Waals surface area contributed by atoms with Crippen molar-refractivity contribution < 1.29 is 5.11 Å². The van der Waals surface area contributed by atoms with Crippen LogP contribution in [-0.2, 0) is 13.1 Å². The number of aliphatic hydroxyl groups excluding tert-OH is 1. The first-order valence-corrected chi connectivity index (χ1v) is 9.78. The lowest BCUT2D eigenvalue weighted by Gasteiger charge is -2.34. The van der Waals surface area contributed by atoms with Gasteiger partial charge in [0.1, 0.15) is 0 Å². The fraction of sp³-hybridized carbons (Fsp3) is 0.600. The van der Waals surface area contributed by atoms with Gasteiger partial charge in [-0.1, -0.05) is 6.07 Å². The fourth-order valence-corrected chi connectivity index (χ4v) is 4.42. The summed E-state index contributed by atoms with van der Waals surface area (Å²) in [5.41, 5.74) is 1.15. The first-order valence-electron chi connectivity index (χ1n) is 9.78. The predicted molar refractivity (Wildman–Crippen MR) is 100 cm³/mol. The second kappa shape index (κ2) is 8.29. The molecular formula is C20H29N5O. The Morgan fingerprint density at radius 3 is 2.77 bits per heavy atom. The maximum Gasteiger partial charge on any atom is 0.0945 e. The number of aliphatic hydroxyl groups is 1. The van der Waals surface area contributed by atoms with Gasteiger partial charge in [-0.3, -0.25) is 9.88 Å². The predicted octanol–water partition coefficient (Wildman–Crippen LogP) is 1.67. The van der Waals surface area contributed by atoms with Crippen molar-refractivity contribution in [3.8, 4) is 0 Å². The Hall–Kier alpha value is -1.76. The molecule has 0 spiro atoms. The number of likely N-dealkylation sites (tertiary alicyclic amines) is 1. The zero-order chi connectivity index (χ0) is 17.8. The van der Waals surface area contributed by atoms with Crippen molar-refractivity contribution in [3.05, 3.63) is 48.8 Å². The highest BCUT2D eigenvalue weighted by atomic mass is 16.3. The second-order valence-corrected chi connectivity index (χ2v) is 7.81. The molecule has 2 fully saturated rings. The van der Waals surface area contributed by atoms with Crippen LogP contribution in [-0.4, -0.2) is 55.8 Å². The molecule has 1 unspecified atom stereocenters. The van der Waals surface area contributed by atoms with E-state index < -0.39 is 0 Å². The average Bonchev–Trinajstić information content (AvgIpc) is 3.28. The Labute approximate surface area is 155 Å². The molecule has 3 atom stereocenters. The van der Waals surface area contributed by atoms with Gasteiger partial charge in [-0.15, -0.1) is 0 Å². The van der Waals surface area contributed by atoms with Gasteiger partial charge < -0.3 is 15.0 Å². The summed E-state index contributed by atoms with van der Waals surface area (Å²) in [7, 11) is 0. The molecule has 1 aliphatic carbocycles. The number of piperidine rings is 1. The third-order valence-electron chi connectivity index (χ3n) is 5.80. The Kier molecular flexibility index (Phi) is 5.62. The van der Waals surface area contributed by atoms with E-state index >= 15 is 0 Å². The van der Waals surface area contributed by atoms with Crippen LogP contribution in [0.3, 0.4) is 0 Å². The van der Waals surface area contributed by atoms with Crippen molar-refractivity contribution in [2.45, 2.75) is 57.0 Å². The molecule has 0 bridgehead atoms. The summed E-state index contributed by atoms with van der Waals surface area (Å²) < 4.78 is 2.12. The van der Waals surface area contributed by atoms with Crippen LogP contribution in [0.25, 0.3) is 0 Å². The lowest BCUT2D eigenvalue weighted by Crippen LogP contribution is -2.48. The third kappa shape index (κ3) is 4.50. The van der Waals surface area contributed by atoms with Crippen molar-refractivity contribution in [1.82, 2.24) is 24.8 Å². The minimum Gasteiger partial charge on any atom is -0.391 e. The molecule has 6 heteroatoms. The lowest BCUT2D eigenvalue weighted by atomic mass is 10.0. The van der Waals surface area contributed by atoms with Gasteiger partial charge in [0.15, 0.2) is 0 Å². The van der Waals surface area contributed by atoms with Crippen LogP contribution in [0.5, 0.6) is 0 Å². The number of aromatic nitrogens is 3. The Morgan fingerprint density at radius 2 is 2.04 bits per heavy atom. The third-order valence-corrected chi connectivity index (χ3v) is 5.80. The van der Waals surface area contributed by atoms with Gasteiger partial charge in [0.2, 0.25) is 0 Å². The van der Waals surface area contributed by atoms with E-state index in [9.17, 15) is 5.11 Å². The van der Waals surface area contributed by atoms with Crippen LogP contribution in [0.15, 0.2) is 43.1 Å². The summed E-state index contributed by atoms with van der Waals surface area (Å²) in [6.45, 7) is 4.08. The molecule has 3 heterocycles. The smallest absolute Gasteiger partial charge is 0.0945 e. The van der Waals surface area contributed by atoms with Crippen LogP contribution in [0.1, 0.15) is 31.4 Å². The minimum absolute atomic E-state index is 0.227. The van der Waals surface area contributed by atoms with Gasteiger partial charge in [0.25, 0.3) is 0 Å². The van der Waals surface area contributed by atoms with E-state index in [2.05, 4.69) is 36.9 Å². The monoisotopic (exact) mass is 355 g/mol. The quantitative estimate of drug-likeness (QED) is 0.825. The largest absolute Gasteiger partial charge is 0.391 e. The number of rotatable bonds is 6. The number of hydrogen-bond acceptors (Lipinski definition) is 5. The van der Waals surface area contributed by atoms with Crippen molar-refractivity contribution >= 4 is 0 Å². The molecule has 1 saturated carbocycles. The summed E-state index contributed by atoms with van der Waals surface area (Å²) in [5, 5.41) is 14.2. The SMILES string of the molecule is O[C@@H]1CC(Cn2ccnc2)C[C@H]1NC1CCN(Cc2ccccn2)CC1. The Balaban J connectivity index is 1.21. The van der Waals surface area contributed by atoms with E-state index in [-0.39, 0.29) is 12.1 Å². The molecular weight excluding hydrogens is 326 g/mol. The summed E-state index contributed by atoms with van der Waals surface area (Å²) in [6.07, 6.45) is 11.5. The van der Waals surface area contributed by atoms with E-state index in [1.165, 1.54) is 0 Å². The molecule has 2 aromatic heterocycles. The minimum atomic E-state index is -0.227. The van der Waals surface area contributed by atoms with Crippen LogP contribution >= 0.6 is 0 Å². The number of nitrogens with zero attached hydrogens (tertiary/aromatic N) is 4. The van der Waals surface area contributed by atoms with E-state index in [1.807, 2.05) is 31.0 Å². The van der Waals surface area contributed by atoms with Crippen molar-refractivity contribution in [2.75, 3.05) is 13.1 Å². The number of nitrogens with one attached hydrogen (secondary N) is 1.